The molecule has 0 spiro atoms. The van der Waals surface area contributed by atoms with Crippen LogP contribution < -0.4 is 5.73 Å². The molecule has 1 aromatic heterocycles. The summed E-state index contributed by atoms with van der Waals surface area (Å²) in [5.74, 6) is 2.06. The maximum atomic E-state index is 5.93. The Balaban J connectivity index is 2.39. The largest absolute Gasteiger partial charge is 0.329 e. The molecule has 2 rings (SSSR count). The highest BCUT2D eigenvalue weighted by Crippen LogP contribution is 2.22. The highest BCUT2D eigenvalue weighted by atomic mass is 15.3. The van der Waals surface area contributed by atoms with E-state index in [4.69, 9.17) is 5.73 Å². The van der Waals surface area contributed by atoms with Gasteiger partial charge in [-0.25, -0.2) is 0 Å². The number of nitrogens with two attached hydrogens (primary N) is 1. The highest BCUT2D eigenvalue weighted by Gasteiger charge is 2.19. The molecule has 0 saturated heterocycles. The van der Waals surface area contributed by atoms with Crippen molar-refractivity contribution in [2.75, 3.05) is 6.54 Å². The third-order valence-corrected chi connectivity index (χ3v) is 3.16. The molecule has 1 aromatic carbocycles. The van der Waals surface area contributed by atoms with E-state index >= 15 is 0 Å². The molecule has 96 valence electrons. The molecule has 0 saturated carbocycles. The minimum Gasteiger partial charge on any atom is -0.329 e. The highest BCUT2D eigenvalue weighted by molar-refractivity contribution is 5.26. The van der Waals surface area contributed by atoms with E-state index in [-0.39, 0.29) is 5.92 Å². The van der Waals surface area contributed by atoms with Gasteiger partial charge in [0.1, 0.15) is 11.6 Å². The molecule has 0 aliphatic carbocycles. The first kappa shape index (κ1) is 12.8. The molecule has 4 heteroatoms. The summed E-state index contributed by atoms with van der Waals surface area (Å²) in [6, 6.07) is 10.3. The number of nitrogens with zero attached hydrogens (tertiary/aromatic N) is 3. The van der Waals surface area contributed by atoms with Gasteiger partial charge in [0.15, 0.2) is 0 Å². The lowest BCUT2D eigenvalue weighted by molar-refractivity contribution is 0.596. The summed E-state index contributed by atoms with van der Waals surface area (Å²) in [5, 5.41) is 8.50. The first-order valence-electron chi connectivity index (χ1n) is 6.42. The lowest BCUT2D eigenvalue weighted by atomic mass is 9.98. The van der Waals surface area contributed by atoms with Crippen molar-refractivity contribution in [2.24, 2.45) is 5.73 Å². The van der Waals surface area contributed by atoms with E-state index in [0.29, 0.717) is 6.54 Å². The summed E-state index contributed by atoms with van der Waals surface area (Å²) in [7, 11) is 0. The van der Waals surface area contributed by atoms with Gasteiger partial charge in [-0.3, -0.25) is 0 Å². The molecule has 0 aliphatic rings. The molecule has 0 radical (unpaired) electrons. The number of hydrogen-bond acceptors (Lipinski definition) is 3. The van der Waals surface area contributed by atoms with Crippen LogP contribution in [0.2, 0.25) is 0 Å². The predicted molar refractivity (Wildman–Crippen MR) is 72.4 cm³/mol. The zero-order chi connectivity index (χ0) is 13.0. The second-order valence-electron chi connectivity index (χ2n) is 4.46. The molecule has 0 fully saturated rings. The monoisotopic (exact) mass is 244 g/mol. The van der Waals surface area contributed by atoms with Gasteiger partial charge in [0.05, 0.1) is 5.92 Å². The van der Waals surface area contributed by atoms with Gasteiger partial charge in [0.2, 0.25) is 0 Å². The number of aryl methyl sites for hydroxylation is 1. The molecular formula is C14H20N4. The summed E-state index contributed by atoms with van der Waals surface area (Å²) in [4.78, 5) is 0. The van der Waals surface area contributed by atoms with Crippen LogP contribution in [0.25, 0.3) is 0 Å². The Morgan fingerprint density at radius 3 is 2.56 bits per heavy atom. The van der Waals surface area contributed by atoms with Gasteiger partial charge in [-0.1, -0.05) is 37.3 Å². The van der Waals surface area contributed by atoms with Crippen molar-refractivity contribution in [3.05, 3.63) is 47.5 Å². The van der Waals surface area contributed by atoms with Crippen LogP contribution in [0.1, 0.15) is 36.5 Å². The number of hydrogen-bond donors (Lipinski definition) is 1. The average Bonchev–Trinajstić information content (AvgIpc) is 2.75. The molecule has 1 atom stereocenters. The Morgan fingerprint density at radius 1 is 1.22 bits per heavy atom. The zero-order valence-electron chi connectivity index (χ0n) is 11.0. The summed E-state index contributed by atoms with van der Waals surface area (Å²) < 4.78 is 2.17. The first-order valence-corrected chi connectivity index (χ1v) is 6.42. The molecule has 2 aromatic rings. The number of rotatable bonds is 5. The fraction of sp³-hybridized carbons (Fsp3) is 0.429. The van der Waals surface area contributed by atoms with E-state index in [1.165, 1.54) is 5.56 Å². The van der Waals surface area contributed by atoms with Crippen LogP contribution >= 0.6 is 0 Å². The first-order chi connectivity index (χ1) is 8.77. The molecular weight excluding hydrogens is 224 g/mol. The summed E-state index contributed by atoms with van der Waals surface area (Å²) in [6.07, 6.45) is 1.07. The van der Waals surface area contributed by atoms with E-state index < -0.39 is 0 Å². The Labute approximate surface area is 108 Å². The number of aromatic nitrogens is 3. The second kappa shape index (κ2) is 5.78. The topological polar surface area (TPSA) is 56.7 Å². The van der Waals surface area contributed by atoms with Crippen LogP contribution in [0.15, 0.2) is 30.3 Å². The van der Waals surface area contributed by atoms with Crippen LogP contribution in [-0.4, -0.2) is 21.3 Å². The number of benzene rings is 1. The third kappa shape index (κ3) is 2.43. The third-order valence-electron chi connectivity index (χ3n) is 3.16. The fourth-order valence-corrected chi connectivity index (χ4v) is 2.23. The summed E-state index contributed by atoms with van der Waals surface area (Å²) in [5.41, 5.74) is 7.13. The maximum absolute atomic E-state index is 5.93. The van der Waals surface area contributed by atoms with Crippen LogP contribution in [0.3, 0.4) is 0 Å². The molecule has 0 bridgehead atoms. The maximum Gasteiger partial charge on any atom is 0.141 e. The van der Waals surface area contributed by atoms with Crippen LogP contribution in [0.5, 0.6) is 0 Å². The molecule has 18 heavy (non-hydrogen) atoms. The van der Waals surface area contributed by atoms with Crippen LogP contribution in [-0.2, 0) is 6.54 Å². The summed E-state index contributed by atoms with van der Waals surface area (Å²) >= 11 is 0. The van der Waals surface area contributed by atoms with Crippen molar-refractivity contribution >= 4 is 0 Å². The average molecular weight is 244 g/mol. The van der Waals surface area contributed by atoms with E-state index in [1.54, 1.807) is 0 Å². The molecule has 0 amide bonds. The van der Waals surface area contributed by atoms with Gasteiger partial charge in [-0.05, 0) is 18.9 Å². The SMILES string of the molecule is CCCn1c(C)nnc1C(CN)c1ccccc1. The standard InChI is InChI=1S/C14H20N4/c1-3-9-18-11(2)16-17-14(18)13(10-15)12-7-5-4-6-8-12/h4-8,13H,3,9-10,15H2,1-2H3. The lowest BCUT2D eigenvalue weighted by Crippen LogP contribution is -2.19. The minimum absolute atomic E-state index is 0.124. The van der Waals surface area contributed by atoms with Gasteiger partial charge >= 0.3 is 0 Å². The van der Waals surface area contributed by atoms with Crippen molar-refractivity contribution in [1.82, 2.24) is 14.8 Å². The quantitative estimate of drug-likeness (QED) is 0.876. The van der Waals surface area contributed by atoms with Crippen LogP contribution in [0.4, 0.5) is 0 Å². The Bertz CT molecular complexity index is 490. The molecule has 0 aliphatic heterocycles. The lowest BCUT2D eigenvalue weighted by Gasteiger charge is -2.16. The van der Waals surface area contributed by atoms with Crippen molar-refractivity contribution in [3.63, 3.8) is 0 Å². The minimum atomic E-state index is 0.124. The van der Waals surface area contributed by atoms with Gasteiger partial charge in [-0.2, -0.15) is 0 Å². The van der Waals surface area contributed by atoms with Crippen molar-refractivity contribution in [2.45, 2.75) is 32.7 Å². The van der Waals surface area contributed by atoms with Crippen molar-refractivity contribution in [3.8, 4) is 0 Å². The normalized spacial score (nSPS) is 12.6. The predicted octanol–water partition coefficient (Wildman–Crippen LogP) is 2.09. The molecule has 4 nitrogen and oxygen atoms in total. The van der Waals surface area contributed by atoms with E-state index in [1.807, 2.05) is 25.1 Å². The smallest absolute Gasteiger partial charge is 0.141 e. The Morgan fingerprint density at radius 2 is 1.94 bits per heavy atom. The Kier molecular flexibility index (Phi) is 4.10. The van der Waals surface area contributed by atoms with Crippen molar-refractivity contribution < 1.29 is 0 Å². The van der Waals surface area contributed by atoms with E-state index in [2.05, 4.69) is 33.8 Å². The van der Waals surface area contributed by atoms with E-state index in [9.17, 15) is 0 Å². The zero-order valence-corrected chi connectivity index (χ0v) is 11.0. The second-order valence-corrected chi connectivity index (χ2v) is 4.46. The van der Waals surface area contributed by atoms with Crippen LogP contribution in [0, 0.1) is 6.92 Å². The molecule has 2 N–H and O–H groups in total. The van der Waals surface area contributed by atoms with Gasteiger partial charge in [-0.15, -0.1) is 10.2 Å². The van der Waals surface area contributed by atoms with Gasteiger partial charge < -0.3 is 10.3 Å². The Hall–Kier alpha value is -1.68. The molecule has 1 unspecified atom stereocenters. The molecule has 1 heterocycles. The summed E-state index contributed by atoms with van der Waals surface area (Å²) in [6.45, 7) is 5.64. The van der Waals surface area contributed by atoms with Crippen molar-refractivity contribution in [1.29, 1.82) is 0 Å². The van der Waals surface area contributed by atoms with E-state index in [0.717, 1.165) is 24.6 Å². The fourth-order valence-electron chi connectivity index (χ4n) is 2.23. The van der Waals surface area contributed by atoms with Gasteiger partial charge in [0, 0.05) is 13.1 Å². The van der Waals surface area contributed by atoms with Gasteiger partial charge in [0.25, 0.3) is 0 Å².